The number of aromatic hydroxyl groups is 1. The van der Waals surface area contributed by atoms with Crippen LogP contribution < -0.4 is 5.73 Å². The quantitative estimate of drug-likeness (QED) is 0.696. The van der Waals surface area contributed by atoms with Crippen LogP contribution in [0, 0.1) is 0 Å². The number of hydrogen-bond acceptors (Lipinski definition) is 7. The lowest BCUT2D eigenvalue weighted by molar-refractivity contribution is -0.129. The van der Waals surface area contributed by atoms with Crippen LogP contribution in [0.4, 0.5) is 8.78 Å². The van der Waals surface area contributed by atoms with Crippen molar-refractivity contribution >= 4 is 11.9 Å². The second-order valence-electron chi connectivity index (χ2n) is 6.43. The third-order valence-corrected chi connectivity index (χ3v) is 4.79. The van der Waals surface area contributed by atoms with Crippen molar-refractivity contribution in [3.05, 3.63) is 65.7 Å². The Morgan fingerprint density at radius 2 is 1.97 bits per heavy atom. The first-order valence-electron chi connectivity index (χ1n) is 8.47. The van der Waals surface area contributed by atoms with E-state index in [0.29, 0.717) is 11.3 Å². The van der Waals surface area contributed by atoms with Gasteiger partial charge in [-0.25, -0.2) is 13.8 Å². The van der Waals surface area contributed by atoms with Gasteiger partial charge in [0.05, 0.1) is 0 Å². The molecular weight excluding hydrogens is 384 g/mol. The van der Waals surface area contributed by atoms with E-state index in [2.05, 4.69) is 15.1 Å². The van der Waals surface area contributed by atoms with Crippen LogP contribution in [0.15, 0.2) is 58.4 Å². The SMILES string of the molecule is CN1C(=O)C(c2ccnc(C(F)F)c2)(c2ccc(O)c(-c3ccon3)c2)N=C1N. The predicted octanol–water partition coefficient (Wildman–Crippen LogP) is 2.41. The average molecular weight is 399 g/mol. The molecule has 3 aromatic rings. The lowest BCUT2D eigenvalue weighted by atomic mass is 9.82. The van der Waals surface area contributed by atoms with Crippen molar-refractivity contribution < 1.29 is 23.2 Å². The highest BCUT2D eigenvalue weighted by atomic mass is 19.3. The number of carbonyl (C=O) groups excluding carboxylic acids is 1. The van der Waals surface area contributed by atoms with Crippen molar-refractivity contribution in [3.63, 3.8) is 0 Å². The van der Waals surface area contributed by atoms with Gasteiger partial charge in [0.15, 0.2) is 11.5 Å². The normalized spacial score (nSPS) is 19.1. The summed E-state index contributed by atoms with van der Waals surface area (Å²) in [6.07, 6.45) is -0.304. The highest BCUT2D eigenvalue weighted by molar-refractivity contribution is 6.09. The monoisotopic (exact) mass is 399 g/mol. The minimum absolute atomic E-state index is 0.0681. The van der Waals surface area contributed by atoms with E-state index in [1.807, 2.05) is 0 Å². The number of carbonyl (C=O) groups is 1. The van der Waals surface area contributed by atoms with Crippen molar-refractivity contribution in [2.45, 2.75) is 12.0 Å². The van der Waals surface area contributed by atoms with Crippen LogP contribution in [0.1, 0.15) is 23.2 Å². The Bertz CT molecular complexity index is 1120. The van der Waals surface area contributed by atoms with Gasteiger partial charge in [0, 0.05) is 24.9 Å². The molecule has 4 rings (SSSR count). The Morgan fingerprint density at radius 3 is 2.59 bits per heavy atom. The van der Waals surface area contributed by atoms with Crippen LogP contribution in [-0.4, -0.2) is 39.1 Å². The van der Waals surface area contributed by atoms with Crippen molar-refractivity contribution in [2.75, 3.05) is 7.05 Å². The lowest BCUT2D eigenvalue weighted by Crippen LogP contribution is -2.41. The summed E-state index contributed by atoms with van der Waals surface area (Å²) in [4.78, 5) is 22.4. The number of rotatable bonds is 4. The topological polar surface area (TPSA) is 118 Å². The molecule has 3 N–H and O–H groups in total. The molecule has 8 nitrogen and oxygen atoms in total. The van der Waals surface area contributed by atoms with Gasteiger partial charge in [0.1, 0.15) is 23.4 Å². The predicted molar refractivity (Wildman–Crippen MR) is 98.0 cm³/mol. The number of benzene rings is 1. The van der Waals surface area contributed by atoms with E-state index >= 15 is 0 Å². The number of phenols is 1. The number of aliphatic imine (C=N–C) groups is 1. The summed E-state index contributed by atoms with van der Waals surface area (Å²) in [5.74, 6) is -0.698. The highest BCUT2D eigenvalue weighted by Crippen LogP contribution is 2.42. The van der Waals surface area contributed by atoms with Gasteiger partial charge < -0.3 is 15.4 Å². The number of hydrogen-bond donors (Lipinski definition) is 2. The maximum absolute atomic E-state index is 13.2. The van der Waals surface area contributed by atoms with Gasteiger partial charge in [-0.2, -0.15) is 0 Å². The van der Waals surface area contributed by atoms with Crippen LogP contribution in [0.3, 0.4) is 0 Å². The Kier molecular flexibility index (Phi) is 4.26. The van der Waals surface area contributed by atoms with Crippen LogP contribution in [0.25, 0.3) is 11.3 Å². The van der Waals surface area contributed by atoms with E-state index in [1.165, 1.54) is 49.8 Å². The zero-order valence-corrected chi connectivity index (χ0v) is 15.1. The van der Waals surface area contributed by atoms with Crippen LogP contribution in [0.5, 0.6) is 5.75 Å². The zero-order valence-electron chi connectivity index (χ0n) is 15.1. The Balaban J connectivity index is 1.98. The van der Waals surface area contributed by atoms with Crippen molar-refractivity contribution in [2.24, 2.45) is 10.7 Å². The number of likely N-dealkylation sites (N-methyl/N-ethyl adjacent to an activating group) is 1. The fourth-order valence-electron chi connectivity index (χ4n) is 3.29. The first-order valence-corrected chi connectivity index (χ1v) is 8.47. The van der Waals surface area contributed by atoms with Crippen molar-refractivity contribution in [1.29, 1.82) is 0 Å². The Hall–Kier alpha value is -3.82. The van der Waals surface area contributed by atoms with Crippen LogP contribution in [-0.2, 0) is 10.3 Å². The molecule has 1 aliphatic heterocycles. The van der Waals surface area contributed by atoms with E-state index in [1.54, 1.807) is 0 Å². The lowest BCUT2D eigenvalue weighted by Gasteiger charge is -2.26. The van der Waals surface area contributed by atoms with Gasteiger partial charge >= 0.3 is 0 Å². The van der Waals surface area contributed by atoms with E-state index in [4.69, 9.17) is 10.3 Å². The second-order valence-corrected chi connectivity index (χ2v) is 6.43. The minimum atomic E-state index is -2.83. The summed E-state index contributed by atoms with van der Waals surface area (Å²) in [7, 11) is 1.44. The third kappa shape index (κ3) is 2.80. The molecule has 0 fully saturated rings. The molecule has 148 valence electrons. The molecule has 29 heavy (non-hydrogen) atoms. The zero-order chi connectivity index (χ0) is 20.8. The van der Waals surface area contributed by atoms with Gasteiger partial charge in [-0.05, 0) is 35.4 Å². The number of alkyl halides is 2. The molecule has 1 aromatic carbocycles. The van der Waals surface area contributed by atoms with E-state index in [-0.39, 0.29) is 22.8 Å². The summed E-state index contributed by atoms with van der Waals surface area (Å²) < 4.78 is 31.3. The molecule has 1 atom stereocenters. The molecule has 0 spiro atoms. The largest absolute Gasteiger partial charge is 0.507 e. The molecule has 1 amide bonds. The molecule has 10 heteroatoms. The van der Waals surface area contributed by atoms with Crippen LogP contribution in [0.2, 0.25) is 0 Å². The van der Waals surface area contributed by atoms with Gasteiger partial charge in [-0.3, -0.25) is 14.7 Å². The molecule has 0 bridgehead atoms. The number of amides is 1. The summed E-state index contributed by atoms with van der Waals surface area (Å²) >= 11 is 0. The second kappa shape index (κ2) is 6.66. The number of phenolic OH excluding ortho intramolecular Hbond substituents is 1. The number of guanidine groups is 1. The number of aromatic nitrogens is 2. The number of nitrogens with zero attached hydrogens (tertiary/aromatic N) is 4. The third-order valence-electron chi connectivity index (χ3n) is 4.79. The first-order chi connectivity index (χ1) is 13.8. The molecule has 0 saturated carbocycles. The van der Waals surface area contributed by atoms with Crippen molar-refractivity contribution in [1.82, 2.24) is 15.0 Å². The van der Waals surface area contributed by atoms with E-state index in [9.17, 15) is 18.7 Å². The molecule has 0 aliphatic carbocycles. The molecule has 1 aliphatic rings. The number of pyridine rings is 1. The van der Waals surface area contributed by atoms with Crippen molar-refractivity contribution in [3.8, 4) is 17.0 Å². The van der Waals surface area contributed by atoms with Gasteiger partial charge in [-0.1, -0.05) is 11.2 Å². The van der Waals surface area contributed by atoms with Crippen LogP contribution >= 0.6 is 0 Å². The minimum Gasteiger partial charge on any atom is -0.507 e. The fraction of sp³-hybridized carbons (Fsp3) is 0.158. The first kappa shape index (κ1) is 18.5. The Morgan fingerprint density at radius 1 is 1.21 bits per heavy atom. The standard InChI is InChI=1S/C19H15F2N5O3/c1-26-17(28)19(24-18(26)22,11-4-6-23-14(9-11)16(20)21)10-2-3-15(27)12(8-10)13-5-7-29-25-13/h2-9,16,27H,1H3,(H2,22,24). The summed E-state index contributed by atoms with van der Waals surface area (Å²) in [6, 6.07) is 8.45. The summed E-state index contributed by atoms with van der Waals surface area (Å²) in [5, 5.41) is 14.0. The molecule has 2 aromatic heterocycles. The van der Waals surface area contributed by atoms with Gasteiger partial charge in [0.2, 0.25) is 0 Å². The fourth-order valence-corrected chi connectivity index (χ4v) is 3.29. The highest BCUT2D eigenvalue weighted by Gasteiger charge is 2.50. The molecular formula is C19H15F2N5O3. The maximum atomic E-state index is 13.2. The smallest absolute Gasteiger partial charge is 0.280 e. The molecule has 1 unspecified atom stereocenters. The van der Waals surface area contributed by atoms with E-state index in [0.717, 1.165) is 11.0 Å². The molecule has 0 saturated heterocycles. The number of halogens is 2. The average Bonchev–Trinajstić information content (AvgIpc) is 3.32. The summed E-state index contributed by atoms with van der Waals surface area (Å²) in [5.41, 5.74) is 4.80. The van der Waals surface area contributed by atoms with Gasteiger partial charge in [0.25, 0.3) is 12.3 Å². The molecule has 0 radical (unpaired) electrons. The van der Waals surface area contributed by atoms with Gasteiger partial charge in [-0.15, -0.1) is 0 Å². The van der Waals surface area contributed by atoms with E-state index < -0.39 is 23.6 Å². The summed E-state index contributed by atoms with van der Waals surface area (Å²) in [6.45, 7) is 0. The molecule has 3 heterocycles. The number of nitrogens with two attached hydrogens (primary N) is 1. The maximum Gasteiger partial charge on any atom is 0.280 e. The Labute approximate surface area is 163 Å².